The molecule has 7 heavy (non-hydrogen) atoms. The Morgan fingerprint density at radius 1 is 1.86 bits per heavy atom. The molecule has 42 valence electrons. The Morgan fingerprint density at radius 3 is 2.29 bits per heavy atom. The fraction of sp³-hybridized carbons (Fsp3) is 0.667. The van der Waals surface area contributed by atoms with E-state index in [1.165, 1.54) is 0 Å². The number of aliphatic hydroxyl groups is 2. The molecule has 0 saturated heterocycles. The molecular weight excluding hydrogens is 161 g/mol. The Balaban J connectivity index is 3.34. The SMILES string of the molecule is NC(CO)C(O)=[Se]. The Bertz CT molecular complexity index is 75.3. The molecule has 1 unspecified atom stereocenters. The van der Waals surface area contributed by atoms with E-state index in [4.69, 9.17) is 15.9 Å². The molecule has 0 bridgehead atoms. The van der Waals surface area contributed by atoms with E-state index in [0.717, 1.165) is 0 Å². The monoisotopic (exact) mass is 169 g/mol. The summed E-state index contributed by atoms with van der Waals surface area (Å²) < 4.78 is -0.0532. The topological polar surface area (TPSA) is 66.5 Å². The molecule has 0 heterocycles. The Morgan fingerprint density at radius 2 is 2.29 bits per heavy atom. The molecule has 0 fully saturated rings. The van der Waals surface area contributed by atoms with Crippen LogP contribution in [0.15, 0.2) is 0 Å². The standard InChI is InChI=1S/C3H7NO2Se/c4-2(1-5)3(6)7/h2,5H,1,4H2,(H,6,7). The van der Waals surface area contributed by atoms with Gasteiger partial charge in [-0.2, -0.15) is 0 Å². The van der Waals surface area contributed by atoms with E-state index in [2.05, 4.69) is 15.6 Å². The minimum atomic E-state index is -0.625. The third-order valence-electron chi connectivity index (χ3n) is 0.514. The van der Waals surface area contributed by atoms with Gasteiger partial charge in [0.25, 0.3) is 0 Å². The van der Waals surface area contributed by atoms with Crippen molar-refractivity contribution >= 4 is 20.2 Å². The molecule has 0 aliphatic carbocycles. The minimum absolute atomic E-state index is 0.0532. The Kier molecular flexibility index (Phi) is 3.20. The number of hydrogen-bond acceptors (Lipinski definition) is 3. The van der Waals surface area contributed by atoms with E-state index in [0.29, 0.717) is 0 Å². The molecular formula is C3H7NO2Se. The van der Waals surface area contributed by atoms with E-state index in [1.807, 2.05) is 0 Å². The molecule has 3 nitrogen and oxygen atoms in total. The molecule has 4 N–H and O–H groups in total. The van der Waals surface area contributed by atoms with Crippen LogP contribution in [0.1, 0.15) is 0 Å². The molecule has 1 atom stereocenters. The summed E-state index contributed by atoms with van der Waals surface area (Å²) in [5, 5.41) is 16.6. The zero-order valence-corrected chi connectivity index (χ0v) is 5.38. The molecule has 0 amide bonds. The molecule has 0 saturated carbocycles. The van der Waals surface area contributed by atoms with Gasteiger partial charge in [0.2, 0.25) is 0 Å². The summed E-state index contributed by atoms with van der Waals surface area (Å²) in [5.41, 5.74) is 5.05. The van der Waals surface area contributed by atoms with Gasteiger partial charge in [0, 0.05) is 0 Å². The molecule has 0 aromatic heterocycles. The van der Waals surface area contributed by atoms with Gasteiger partial charge in [-0.1, -0.05) is 0 Å². The van der Waals surface area contributed by atoms with Crippen molar-refractivity contribution in [3.05, 3.63) is 0 Å². The predicted octanol–water partition coefficient (Wildman–Crippen LogP) is -2.02. The summed E-state index contributed by atoms with van der Waals surface area (Å²) in [6.07, 6.45) is 0. The van der Waals surface area contributed by atoms with Crippen molar-refractivity contribution < 1.29 is 10.2 Å². The quantitative estimate of drug-likeness (QED) is 0.417. The van der Waals surface area contributed by atoms with Gasteiger partial charge in [-0.3, -0.25) is 0 Å². The first-order valence-electron chi connectivity index (χ1n) is 1.77. The first kappa shape index (κ1) is 7.11. The van der Waals surface area contributed by atoms with Crippen molar-refractivity contribution in [2.24, 2.45) is 5.73 Å². The molecule has 0 radical (unpaired) electrons. The van der Waals surface area contributed by atoms with Crippen molar-refractivity contribution in [2.45, 2.75) is 6.04 Å². The van der Waals surface area contributed by atoms with Crippen molar-refractivity contribution in [3.8, 4) is 0 Å². The average Bonchev–Trinajstić information content (AvgIpc) is 1.65. The molecule has 0 aliphatic rings. The van der Waals surface area contributed by atoms with E-state index in [9.17, 15) is 0 Å². The van der Waals surface area contributed by atoms with E-state index < -0.39 is 6.04 Å². The molecule has 0 aliphatic heterocycles. The molecule has 0 aromatic rings. The third-order valence-corrected chi connectivity index (χ3v) is 1.15. The number of nitrogens with two attached hydrogens (primary N) is 1. The first-order valence-corrected chi connectivity index (χ1v) is 2.63. The molecule has 0 rings (SSSR count). The summed E-state index contributed by atoms with van der Waals surface area (Å²) in [4.78, 5) is 0. The van der Waals surface area contributed by atoms with Gasteiger partial charge < -0.3 is 0 Å². The van der Waals surface area contributed by atoms with Gasteiger partial charge in [-0.15, -0.1) is 0 Å². The van der Waals surface area contributed by atoms with Crippen LogP contribution in [0.2, 0.25) is 0 Å². The summed E-state index contributed by atoms with van der Waals surface area (Å²) in [5.74, 6) is 0. The van der Waals surface area contributed by atoms with Crippen LogP contribution in [0, 0.1) is 0 Å². The average molecular weight is 168 g/mol. The third kappa shape index (κ3) is 2.76. The van der Waals surface area contributed by atoms with Gasteiger partial charge in [-0.05, 0) is 0 Å². The van der Waals surface area contributed by atoms with Crippen LogP contribution < -0.4 is 5.73 Å². The summed E-state index contributed by atoms with van der Waals surface area (Å²) >= 11 is 2.28. The Hall–Kier alpha value is 0.109. The zero-order chi connectivity index (χ0) is 5.86. The summed E-state index contributed by atoms with van der Waals surface area (Å²) in [6.45, 7) is -0.223. The van der Waals surface area contributed by atoms with Crippen LogP contribution in [0.4, 0.5) is 0 Å². The van der Waals surface area contributed by atoms with E-state index in [-0.39, 0.29) is 11.2 Å². The number of aliphatic hydroxyl groups excluding tert-OH is 2. The van der Waals surface area contributed by atoms with Crippen LogP contribution in [-0.2, 0) is 0 Å². The van der Waals surface area contributed by atoms with Crippen molar-refractivity contribution in [1.82, 2.24) is 0 Å². The van der Waals surface area contributed by atoms with Crippen LogP contribution in [-0.4, -0.2) is 43.0 Å². The van der Waals surface area contributed by atoms with Crippen LogP contribution in [0.5, 0.6) is 0 Å². The maximum absolute atomic E-state index is 8.40. The van der Waals surface area contributed by atoms with Crippen LogP contribution >= 0.6 is 0 Å². The summed E-state index contributed by atoms with van der Waals surface area (Å²) in [6, 6.07) is -0.625. The van der Waals surface area contributed by atoms with Gasteiger partial charge in [0.15, 0.2) is 0 Å². The molecule has 4 heteroatoms. The van der Waals surface area contributed by atoms with Gasteiger partial charge >= 0.3 is 48.8 Å². The van der Waals surface area contributed by atoms with Crippen LogP contribution in [0.25, 0.3) is 0 Å². The van der Waals surface area contributed by atoms with Crippen molar-refractivity contribution in [1.29, 1.82) is 0 Å². The predicted molar refractivity (Wildman–Crippen MR) is 27.8 cm³/mol. The molecule has 0 aromatic carbocycles. The Labute approximate surface area is 49.5 Å². The zero-order valence-electron chi connectivity index (χ0n) is 3.66. The number of rotatable bonds is 2. The van der Waals surface area contributed by atoms with Gasteiger partial charge in [0.1, 0.15) is 0 Å². The maximum atomic E-state index is 8.40. The molecule has 0 spiro atoms. The normalized spacial score (nSPS) is 13.4. The van der Waals surface area contributed by atoms with Gasteiger partial charge in [-0.25, -0.2) is 0 Å². The fourth-order valence-corrected chi connectivity index (χ4v) is 0.234. The second-order valence-electron chi connectivity index (χ2n) is 1.13. The number of hydrogen-bond donors (Lipinski definition) is 3. The fourth-order valence-electron chi connectivity index (χ4n) is 0.0781. The van der Waals surface area contributed by atoms with E-state index >= 15 is 0 Å². The first-order chi connectivity index (χ1) is 3.18. The van der Waals surface area contributed by atoms with Gasteiger partial charge in [0.05, 0.1) is 0 Å². The van der Waals surface area contributed by atoms with Crippen LogP contribution in [0.3, 0.4) is 0 Å². The van der Waals surface area contributed by atoms with Crippen molar-refractivity contribution in [2.75, 3.05) is 6.61 Å². The van der Waals surface area contributed by atoms with Crippen molar-refractivity contribution in [3.63, 3.8) is 0 Å². The second-order valence-corrected chi connectivity index (χ2v) is 2.00. The summed E-state index contributed by atoms with van der Waals surface area (Å²) in [7, 11) is 0. The second kappa shape index (κ2) is 3.16. The van der Waals surface area contributed by atoms with E-state index in [1.54, 1.807) is 0 Å².